The Morgan fingerprint density at radius 3 is 2.79 bits per heavy atom. The summed E-state index contributed by atoms with van der Waals surface area (Å²) in [6, 6.07) is 10.2. The fourth-order valence-electron chi connectivity index (χ4n) is 3.89. The van der Waals surface area contributed by atoms with Crippen LogP contribution in [0.15, 0.2) is 52.9 Å². The molecule has 3 aromatic rings. The molecular formula is C22H22ClFN4O3S2. The number of benzene rings is 2. The Morgan fingerprint density at radius 2 is 2.12 bits per heavy atom. The molecule has 33 heavy (non-hydrogen) atoms. The first-order valence-electron chi connectivity index (χ1n) is 10.1. The third-order valence-corrected chi connectivity index (χ3v) is 7.89. The fourth-order valence-corrected chi connectivity index (χ4v) is 6.06. The number of thiazole rings is 1. The summed E-state index contributed by atoms with van der Waals surface area (Å²) in [4.78, 5) is 15.4. The van der Waals surface area contributed by atoms with Gasteiger partial charge in [-0.05, 0) is 31.0 Å². The first kappa shape index (κ1) is 23.6. The smallest absolute Gasteiger partial charge is 0.266 e. The van der Waals surface area contributed by atoms with Gasteiger partial charge < -0.3 is 10.6 Å². The molecule has 0 unspecified atom stereocenters. The van der Waals surface area contributed by atoms with Crippen LogP contribution in [0.1, 0.15) is 17.5 Å². The number of Topliss-reactive ketones (excluding diaryl/α,β-unsaturated/α-hetero) is 1. The molecule has 3 N–H and O–H groups in total. The summed E-state index contributed by atoms with van der Waals surface area (Å²) in [5.74, 6) is -0.856. The van der Waals surface area contributed by atoms with Gasteiger partial charge >= 0.3 is 0 Å². The highest BCUT2D eigenvalue weighted by Gasteiger charge is 2.38. The number of ketones is 1. The third-order valence-electron chi connectivity index (χ3n) is 5.40. The largest absolute Gasteiger partial charge is 0.382 e. The Balaban J connectivity index is 1.54. The standard InChI is InChI=1S/C22H22ClFN4O3S2/c1-14-3-2-4-15(7-14)10-22(11-16(29)12-27-22)13-26-19-9-18(24)20(8-17(19)23)33(30,31)28-21-25-5-6-32-21/h2-9,26-27H,10-13H2,1H3,(H,25,28)/t22-/m0/s1. The van der Waals surface area contributed by atoms with Crippen molar-refractivity contribution in [3.8, 4) is 0 Å². The second-order valence-corrected chi connectivity index (χ2v) is 11.0. The van der Waals surface area contributed by atoms with E-state index in [9.17, 15) is 17.6 Å². The van der Waals surface area contributed by atoms with Gasteiger partial charge in [0.05, 0.1) is 17.3 Å². The predicted molar refractivity (Wildman–Crippen MR) is 128 cm³/mol. The molecule has 2 heterocycles. The minimum atomic E-state index is -4.19. The van der Waals surface area contributed by atoms with Crippen LogP contribution < -0.4 is 15.4 Å². The van der Waals surface area contributed by atoms with Gasteiger partial charge in [0.1, 0.15) is 16.5 Å². The predicted octanol–water partition coefficient (Wildman–Crippen LogP) is 4.00. The van der Waals surface area contributed by atoms with Crippen LogP contribution in [-0.4, -0.2) is 37.8 Å². The average Bonchev–Trinajstić information content (AvgIpc) is 3.38. The van der Waals surface area contributed by atoms with Crippen LogP contribution in [0.5, 0.6) is 0 Å². The van der Waals surface area contributed by atoms with E-state index >= 15 is 0 Å². The number of nitrogens with one attached hydrogen (secondary N) is 3. The molecule has 0 bridgehead atoms. The van der Waals surface area contributed by atoms with E-state index in [4.69, 9.17) is 11.6 Å². The Labute approximate surface area is 200 Å². The fraction of sp³-hybridized carbons (Fsp3) is 0.273. The molecule has 1 aliphatic rings. The number of aryl methyl sites for hydroxylation is 1. The topological polar surface area (TPSA) is 100 Å². The number of hydrogen-bond donors (Lipinski definition) is 3. The zero-order valence-corrected chi connectivity index (χ0v) is 20.1. The lowest BCUT2D eigenvalue weighted by atomic mass is 9.88. The highest BCUT2D eigenvalue weighted by atomic mass is 35.5. The van der Waals surface area contributed by atoms with E-state index < -0.39 is 26.3 Å². The second-order valence-electron chi connectivity index (χ2n) is 8.07. The third kappa shape index (κ3) is 5.52. The van der Waals surface area contributed by atoms with Crippen molar-refractivity contribution >= 4 is 49.6 Å². The second kappa shape index (κ2) is 9.38. The Morgan fingerprint density at radius 1 is 1.30 bits per heavy atom. The van der Waals surface area contributed by atoms with Crippen LogP contribution in [0.25, 0.3) is 0 Å². The number of anilines is 2. The van der Waals surface area contributed by atoms with Crippen LogP contribution in [0.4, 0.5) is 15.2 Å². The van der Waals surface area contributed by atoms with E-state index in [1.165, 1.54) is 6.20 Å². The normalized spacial score (nSPS) is 18.5. The molecule has 0 amide bonds. The van der Waals surface area contributed by atoms with Crippen molar-refractivity contribution in [2.45, 2.75) is 30.2 Å². The first-order valence-corrected chi connectivity index (χ1v) is 12.9. The van der Waals surface area contributed by atoms with Gasteiger partial charge in [-0.1, -0.05) is 41.4 Å². The highest BCUT2D eigenvalue weighted by molar-refractivity contribution is 7.93. The molecule has 0 spiro atoms. The number of hydrogen-bond acceptors (Lipinski definition) is 7. The van der Waals surface area contributed by atoms with Crippen LogP contribution in [0.2, 0.25) is 5.02 Å². The molecular weight excluding hydrogens is 487 g/mol. The summed E-state index contributed by atoms with van der Waals surface area (Å²) in [6.45, 7) is 2.56. The van der Waals surface area contributed by atoms with E-state index in [0.29, 0.717) is 19.4 Å². The Kier molecular flexibility index (Phi) is 6.71. The van der Waals surface area contributed by atoms with Crippen molar-refractivity contribution in [3.63, 3.8) is 0 Å². The molecule has 1 atom stereocenters. The lowest BCUT2D eigenvalue weighted by Crippen LogP contribution is -2.48. The first-order chi connectivity index (χ1) is 15.7. The summed E-state index contributed by atoms with van der Waals surface area (Å²) < 4.78 is 42.1. The molecule has 11 heteroatoms. The SMILES string of the molecule is Cc1cccc(C[C@@]2(CNc3cc(F)c(S(=O)(=O)Nc4nccs4)cc3Cl)CC(=O)CN2)c1. The van der Waals surface area contributed by atoms with Crippen molar-refractivity contribution in [1.29, 1.82) is 0 Å². The van der Waals surface area contributed by atoms with Gasteiger partial charge in [-0.15, -0.1) is 11.3 Å². The van der Waals surface area contributed by atoms with Crippen LogP contribution >= 0.6 is 22.9 Å². The molecule has 0 radical (unpaired) electrons. The summed E-state index contributed by atoms with van der Waals surface area (Å²) in [6.07, 6.45) is 2.35. The van der Waals surface area contributed by atoms with Crippen molar-refractivity contribution in [2.24, 2.45) is 0 Å². The molecule has 2 aromatic carbocycles. The molecule has 4 rings (SSSR count). The maximum Gasteiger partial charge on any atom is 0.266 e. The average molecular weight is 509 g/mol. The quantitative estimate of drug-likeness (QED) is 0.425. The van der Waals surface area contributed by atoms with Crippen LogP contribution in [0, 0.1) is 12.7 Å². The molecule has 0 aliphatic carbocycles. The van der Waals surface area contributed by atoms with Gasteiger partial charge in [0.25, 0.3) is 10.0 Å². The van der Waals surface area contributed by atoms with Crippen LogP contribution in [0.3, 0.4) is 0 Å². The summed E-state index contributed by atoms with van der Waals surface area (Å²) in [5.41, 5.74) is 1.87. The molecule has 7 nitrogen and oxygen atoms in total. The van der Waals surface area contributed by atoms with Crippen LogP contribution in [-0.2, 0) is 21.2 Å². The lowest BCUT2D eigenvalue weighted by Gasteiger charge is -2.30. The molecule has 1 saturated heterocycles. The van der Waals surface area contributed by atoms with Gasteiger partial charge in [0, 0.05) is 30.1 Å². The van der Waals surface area contributed by atoms with Gasteiger partial charge in [-0.3, -0.25) is 9.52 Å². The number of sulfonamides is 1. The monoisotopic (exact) mass is 508 g/mol. The highest BCUT2D eigenvalue weighted by Crippen LogP contribution is 2.31. The van der Waals surface area contributed by atoms with E-state index in [0.717, 1.165) is 34.6 Å². The molecule has 0 saturated carbocycles. The van der Waals surface area contributed by atoms with Crippen molar-refractivity contribution < 1.29 is 17.6 Å². The number of carbonyl (C=O) groups excluding carboxylic acids is 1. The van der Waals surface area contributed by atoms with Crippen molar-refractivity contribution in [1.82, 2.24) is 10.3 Å². The molecule has 1 aliphatic heterocycles. The minimum absolute atomic E-state index is 0.0472. The zero-order valence-electron chi connectivity index (χ0n) is 17.7. The van der Waals surface area contributed by atoms with Crippen molar-refractivity contribution in [2.75, 3.05) is 23.1 Å². The Hall–Kier alpha value is -2.53. The number of rotatable bonds is 8. The lowest BCUT2D eigenvalue weighted by molar-refractivity contribution is -0.116. The Bertz CT molecular complexity index is 1280. The number of nitrogens with zero attached hydrogens (tertiary/aromatic N) is 1. The maximum absolute atomic E-state index is 14.8. The summed E-state index contributed by atoms with van der Waals surface area (Å²) >= 11 is 7.39. The van der Waals surface area contributed by atoms with Gasteiger partial charge in [-0.2, -0.15) is 0 Å². The molecule has 1 aromatic heterocycles. The summed E-state index contributed by atoms with van der Waals surface area (Å²) in [5, 5.41) is 8.17. The van der Waals surface area contributed by atoms with E-state index in [1.807, 2.05) is 25.1 Å². The van der Waals surface area contributed by atoms with Crippen molar-refractivity contribution in [3.05, 3.63) is 69.9 Å². The van der Waals surface area contributed by atoms with E-state index in [-0.39, 0.29) is 28.2 Å². The number of halogens is 2. The van der Waals surface area contributed by atoms with Gasteiger partial charge in [0.2, 0.25) is 0 Å². The maximum atomic E-state index is 14.8. The number of aromatic nitrogens is 1. The minimum Gasteiger partial charge on any atom is -0.382 e. The van der Waals surface area contributed by atoms with Gasteiger partial charge in [-0.25, -0.2) is 17.8 Å². The van der Waals surface area contributed by atoms with E-state index in [2.05, 4.69) is 26.4 Å². The summed E-state index contributed by atoms with van der Waals surface area (Å²) in [7, 11) is -4.19. The zero-order chi connectivity index (χ0) is 23.6. The molecule has 174 valence electrons. The van der Waals surface area contributed by atoms with Gasteiger partial charge in [0.15, 0.2) is 5.13 Å². The number of carbonyl (C=O) groups is 1. The molecule has 1 fully saturated rings. The van der Waals surface area contributed by atoms with E-state index in [1.54, 1.807) is 5.38 Å².